The minimum Gasteiger partial charge on any atom is -0.393 e. The fourth-order valence-corrected chi connectivity index (χ4v) is 3.10. The third-order valence-electron chi connectivity index (χ3n) is 2.01. The van der Waals surface area contributed by atoms with Crippen LogP contribution in [0.1, 0.15) is 26.7 Å². The highest BCUT2D eigenvalue weighted by molar-refractivity contribution is 7.89. The molecule has 1 aliphatic carbocycles. The normalized spacial score (nSPS) is 28.9. The van der Waals surface area contributed by atoms with Crippen molar-refractivity contribution in [1.82, 2.24) is 4.72 Å². The number of aliphatic hydroxyl groups is 1. The molecule has 0 aromatic heterocycles. The molecule has 2 N–H and O–H groups in total. The molecule has 0 unspecified atom stereocenters. The first-order valence-electron chi connectivity index (χ1n) is 4.57. The lowest BCUT2D eigenvalue weighted by atomic mass is 9.91. The minimum absolute atomic E-state index is 0.0428. The van der Waals surface area contributed by atoms with Gasteiger partial charge < -0.3 is 5.11 Å². The van der Waals surface area contributed by atoms with Gasteiger partial charge in [-0.25, -0.2) is 13.1 Å². The molecule has 4 nitrogen and oxygen atoms in total. The summed E-state index contributed by atoms with van der Waals surface area (Å²) >= 11 is 0. The van der Waals surface area contributed by atoms with Crippen molar-refractivity contribution >= 4 is 10.0 Å². The first kappa shape index (κ1) is 10.9. The molecule has 1 rings (SSSR count). The first-order valence-corrected chi connectivity index (χ1v) is 6.22. The van der Waals surface area contributed by atoms with Gasteiger partial charge in [-0.3, -0.25) is 0 Å². The number of hydrogen-bond acceptors (Lipinski definition) is 3. The Morgan fingerprint density at radius 2 is 2.00 bits per heavy atom. The molecule has 0 atom stereocenters. The van der Waals surface area contributed by atoms with E-state index in [9.17, 15) is 8.42 Å². The maximum Gasteiger partial charge on any atom is 0.212 e. The number of rotatable bonds is 4. The van der Waals surface area contributed by atoms with Crippen LogP contribution in [0.4, 0.5) is 0 Å². The van der Waals surface area contributed by atoms with Crippen molar-refractivity contribution in [2.75, 3.05) is 5.75 Å². The fourth-order valence-electron chi connectivity index (χ4n) is 1.42. The van der Waals surface area contributed by atoms with Gasteiger partial charge in [0.15, 0.2) is 0 Å². The highest BCUT2D eigenvalue weighted by Crippen LogP contribution is 2.20. The second-order valence-electron chi connectivity index (χ2n) is 4.12. The van der Waals surface area contributed by atoms with Gasteiger partial charge in [0.1, 0.15) is 0 Å². The Morgan fingerprint density at radius 1 is 1.46 bits per heavy atom. The van der Waals surface area contributed by atoms with Crippen LogP contribution >= 0.6 is 0 Å². The Labute approximate surface area is 79.4 Å². The SMILES string of the molecule is CC(C)CS(=O)(=O)NC1CC(O)C1. The second-order valence-corrected chi connectivity index (χ2v) is 5.91. The number of hydrogen-bond donors (Lipinski definition) is 2. The molecule has 0 radical (unpaired) electrons. The van der Waals surface area contributed by atoms with Crippen LogP contribution in [0.3, 0.4) is 0 Å². The van der Waals surface area contributed by atoms with E-state index in [2.05, 4.69) is 4.72 Å². The molecule has 13 heavy (non-hydrogen) atoms. The Hall–Kier alpha value is -0.130. The molecule has 0 heterocycles. The smallest absolute Gasteiger partial charge is 0.212 e. The van der Waals surface area contributed by atoms with Gasteiger partial charge in [0.25, 0.3) is 0 Å². The van der Waals surface area contributed by atoms with Crippen molar-refractivity contribution < 1.29 is 13.5 Å². The summed E-state index contributed by atoms with van der Waals surface area (Å²) in [6, 6.07) is -0.0428. The lowest BCUT2D eigenvalue weighted by molar-refractivity contribution is 0.0712. The van der Waals surface area contributed by atoms with Gasteiger partial charge >= 0.3 is 0 Å². The van der Waals surface area contributed by atoms with Crippen LogP contribution in [0.15, 0.2) is 0 Å². The lowest BCUT2D eigenvalue weighted by Crippen LogP contribution is -2.47. The molecule has 0 spiro atoms. The van der Waals surface area contributed by atoms with Crippen LogP contribution in [-0.2, 0) is 10.0 Å². The quantitative estimate of drug-likeness (QED) is 0.686. The van der Waals surface area contributed by atoms with Crippen LogP contribution in [0.25, 0.3) is 0 Å². The van der Waals surface area contributed by atoms with E-state index in [1.807, 2.05) is 13.8 Å². The molecule has 0 amide bonds. The van der Waals surface area contributed by atoms with Gasteiger partial charge in [0.05, 0.1) is 11.9 Å². The molecule has 5 heteroatoms. The third-order valence-corrected chi connectivity index (χ3v) is 3.81. The Kier molecular flexibility index (Phi) is 3.32. The molecule has 0 aliphatic heterocycles. The van der Waals surface area contributed by atoms with Crippen LogP contribution < -0.4 is 4.72 Å². The van der Waals surface area contributed by atoms with E-state index in [0.717, 1.165) is 0 Å². The summed E-state index contributed by atoms with van der Waals surface area (Å²) in [4.78, 5) is 0. The number of nitrogens with one attached hydrogen (secondary N) is 1. The molecule has 0 aromatic carbocycles. The molecule has 1 fully saturated rings. The molecule has 1 aliphatic rings. The van der Waals surface area contributed by atoms with E-state index in [1.54, 1.807) is 0 Å². The Morgan fingerprint density at radius 3 is 2.38 bits per heavy atom. The summed E-state index contributed by atoms with van der Waals surface area (Å²) in [7, 11) is -3.13. The largest absolute Gasteiger partial charge is 0.393 e. The van der Waals surface area contributed by atoms with Crippen LogP contribution in [0, 0.1) is 5.92 Å². The predicted molar refractivity (Wildman–Crippen MR) is 50.8 cm³/mol. The average molecular weight is 207 g/mol. The minimum atomic E-state index is -3.13. The molecule has 0 aromatic rings. The van der Waals surface area contributed by atoms with E-state index in [4.69, 9.17) is 5.11 Å². The zero-order valence-corrected chi connectivity index (χ0v) is 8.84. The molecule has 0 bridgehead atoms. The van der Waals surface area contributed by atoms with Crippen molar-refractivity contribution in [3.63, 3.8) is 0 Å². The molecule has 78 valence electrons. The van der Waals surface area contributed by atoms with E-state index in [0.29, 0.717) is 12.8 Å². The maximum atomic E-state index is 11.4. The van der Waals surface area contributed by atoms with Gasteiger partial charge in [-0.05, 0) is 18.8 Å². The Balaban J connectivity index is 2.35. The Bertz CT molecular complexity index is 255. The van der Waals surface area contributed by atoms with Crippen LogP contribution in [0.2, 0.25) is 0 Å². The zero-order valence-electron chi connectivity index (χ0n) is 8.03. The number of sulfonamides is 1. The highest BCUT2D eigenvalue weighted by Gasteiger charge is 2.30. The van der Waals surface area contributed by atoms with Crippen molar-refractivity contribution in [2.24, 2.45) is 5.92 Å². The third kappa shape index (κ3) is 3.62. The van der Waals surface area contributed by atoms with Crippen molar-refractivity contribution in [3.05, 3.63) is 0 Å². The molecular formula is C8H17NO3S. The van der Waals surface area contributed by atoms with Crippen LogP contribution in [0.5, 0.6) is 0 Å². The predicted octanol–water partition coefficient (Wildman–Crippen LogP) is 0.0851. The fraction of sp³-hybridized carbons (Fsp3) is 1.00. The van der Waals surface area contributed by atoms with E-state index in [1.165, 1.54) is 0 Å². The number of aliphatic hydroxyl groups excluding tert-OH is 1. The summed E-state index contributed by atoms with van der Waals surface area (Å²) in [6.45, 7) is 3.74. The second kappa shape index (κ2) is 3.94. The zero-order chi connectivity index (χ0) is 10.1. The van der Waals surface area contributed by atoms with Crippen LogP contribution in [-0.4, -0.2) is 31.4 Å². The van der Waals surface area contributed by atoms with Gasteiger partial charge in [0.2, 0.25) is 10.0 Å². The summed E-state index contributed by atoms with van der Waals surface area (Å²) < 4.78 is 25.3. The molecule has 0 saturated heterocycles. The first-order chi connectivity index (χ1) is 5.89. The van der Waals surface area contributed by atoms with Crippen molar-refractivity contribution in [2.45, 2.75) is 38.8 Å². The summed E-state index contributed by atoms with van der Waals surface area (Å²) in [6.07, 6.45) is 0.793. The monoisotopic (exact) mass is 207 g/mol. The molecular weight excluding hydrogens is 190 g/mol. The van der Waals surface area contributed by atoms with Gasteiger partial charge in [-0.2, -0.15) is 0 Å². The summed E-state index contributed by atoms with van der Waals surface area (Å²) in [5.74, 6) is 0.307. The van der Waals surface area contributed by atoms with E-state index >= 15 is 0 Å². The highest BCUT2D eigenvalue weighted by atomic mass is 32.2. The average Bonchev–Trinajstić information content (AvgIpc) is 1.79. The van der Waals surface area contributed by atoms with Gasteiger partial charge in [0, 0.05) is 6.04 Å². The van der Waals surface area contributed by atoms with Crippen molar-refractivity contribution in [1.29, 1.82) is 0 Å². The van der Waals surface area contributed by atoms with E-state index < -0.39 is 10.0 Å². The summed E-state index contributed by atoms with van der Waals surface area (Å²) in [5, 5.41) is 8.96. The topological polar surface area (TPSA) is 66.4 Å². The van der Waals surface area contributed by atoms with Crippen molar-refractivity contribution in [3.8, 4) is 0 Å². The molecule has 1 saturated carbocycles. The van der Waals surface area contributed by atoms with Gasteiger partial charge in [-0.1, -0.05) is 13.8 Å². The van der Waals surface area contributed by atoms with Gasteiger partial charge in [-0.15, -0.1) is 0 Å². The maximum absolute atomic E-state index is 11.4. The van der Waals surface area contributed by atoms with E-state index in [-0.39, 0.29) is 23.8 Å². The lowest BCUT2D eigenvalue weighted by Gasteiger charge is -2.31. The summed E-state index contributed by atoms with van der Waals surface area (Å²) in [5.41, 5.74) is 0. The standard InChI is InChI=1S/C8H17NO3S/c1-6(2)5-13(11,12)9-7-3-8(10)4-7/h6-10H,3-5H2,1-2H3.